The summed E-state index contributed by atoms with van der Waals surface area (Å²) < 4.78 is 0. The fourth-order valence-corrected chi connectivity index (χ4v) is 5.29. The molecule has 5 rings (SSSR count). The van der Waals surface area contributed by atoms with Crippen LogP contribution < -0.4 is 0 Å². The van der Waals surface area contributed by atoms with E-state index in [1.807, 2.05) is 128 Å². The number of Topliss-reactive ketones (excluding diaryl/α,β-unsaturated/α-hetero) is 2. The molecule has 38 heavy (non-hydrogen) atoms. The van der Waals surface area contributed by atoms with Gasteiger partial charge in [-0.3, -0.25) is 9.59 Å². The van der Waals surface area contributed by atoms with Crippen molar-refractivity contribution in [3.05, 3.63) is 179 Å². The van der Waals surface area contributed by atoms with Crippen LogP contribution in [0, 0.1) is 6.92 Å². The van der Waals surface area contributed by atoms with Crippen molar-refractivity contribution in [2.45, 2.75) is 24.7 Å². The number of hydrogen-bond acceptors (Lipinski definition) is 2. The van der Waals surface area contributed by atoms with Gasteiger partial charge in [-0.2, -0.15) is 0 Å². The van der Waals surface area contributed by atoms with E-state index in [0.29, 0.717) is 11.1 Å². The molecule has 186 valence electrons. The van der Waals surface area contributed by atoms with Gasteiger partial charge in [-0.05, 0) is 23.6 Å². The maximum absolute atomic E-state index is 14.4. The highest BCUT2D eigenvalue weighted by Gasteiger charge is 2.41. The number of hydrogen-bond donors (Lipinski definition) is 0. The van der Waals surface area contributed by atoms with Crippen LogP contribution in [0.3, 0.4) is 0 Å². The zero-order valence-electron chi connectivity index (χ0n) is 21.4. The lowest BCUT2D eigenvalue weighted by Crippen LogP contribution is -2.30. The molecule has 5 aromatic rings. The topological polar surface area (TPSA) is 34.1 Å². The molecule has 0 spiro atoms. The Morgan fingerprint density at radius 2 is 0.763 bits per heavy atom. The molecule has 0 radical (unpaired) electrons. The third-order valence-electron chi connectivity index (χ3n) is 7.18. The van der Waals surface area contributed by atoms with E-state index in [-0.39, 0.29) is 11.6 Å². The van der Waals surface area contributed by atoms with Gasteiger partial charge in [0.25, 0.3) is 0 Å². The molecule has 2 heteroatoms. The van der Waals surface area contributed by atoms with E-state index in [0.717, 1.165) is 22.3 Å². The van der Waals surface area contributed by atoms with Gasteiger partial charge in [-0.15, -0.1) is 0 Å². The quantitative estimate of drug-likeness (QED) is 0.193. The van der Waals surface area contributed by atoms with Crippen molar-refractivity contribution in [3.8, 4) is 0 Å². The molecule has 0 heterocycles. The summed E-state index contributed by atoms with van der Waals surface area (Å²) in [5.74, 6) is -1.56. The van der Waals surface area contributed by atoms with Gasteiger partial charge in [0.1, 0.15) is 0 Å². The van der Waals surface area contributed by atoms with Crippen LogP contribution in [0.2, 0.25) is 0 Å². The highest BCUT2D eigenvalue weighted by molar-refractivity contribution is 6.05. The molecule has 2 atom stereocenters. The largest absolute Gasteiger partial charge is 0.293 e. The van der Waals surface area contributed by atoms with Gasteiger partial charge >= 0.3 is 0 Å². The summed E-state index contributed by atoms with van der Waals surface area (Å²) in [6.07, 6.45) is 0. The van der Waals surface area contributed by atoms with Crippen molar-refractivity contribution in [2.75, 3.05) is 0 Å². The van der Waals surface area contributed by atoms with Crippen molar-refractivity contribution in [3.63, 3.8) is 0 Å². The van der Waals surface area contributed by atoms with Crippen LogP contribution >= 0.6 is 0 Å². The van der Waals surface area contributed by atoms with E-state index < -0.39 is 17.8 Å². The molecule has 0 saturated heterocycles. The second-order valence-electron chi connectivity index (χ2n) is 9.67. The van der Waals surface area contributed by atoms with Crippen LogP contribution in [-0.2, 0) is 0 Å². The molecule has 2 unspecified atom stereocenters. The second-order valence-corrected chi connectivity index (χ2v) is 9.67. The van der Waals surface area contributed by atoms with E-state index in [1.165, 1.54) is 0 Å². The Morgan fingerprint density at radius 3 is 1.13 bits per heavy atom. The second kappa shape index (κ2) is 11.7. The number of carbonyl (C=O) groups excluding carboxylic acids is 2. The normalized spacial score (nSPS) is 13.3. The van der Waals surface area contributed by atoms with Gasteiger partial charge in [-0.25, -0.2) is 0 Å². The SMILES string of the molecule is Cc1ccc(C(C(C(=O)c2ccccc2)c2ccccc2)C(C(=O)c2ccccc2)c2ccccc2)cc1. The van der Waals surface area contributed by atoms with Crippen LogP contribution in [0.5, 0.6) is 0 Å². The lowest BCUT2D eigenvalue weighted by atomic mass is 9.67. The van der Waals surface area contributed by atoms with E-state index >= 15 is 0 Å². The number of benzene rings is 5. The summed E-state index contributed by atoms with van der Waals surface area (Å²) in [5.41, 5.74) is 5.16. The summed E-state index contributed by atoms with van der Waals surface area (Å²) in [6.45, 7) is 2.05. The minimum absolute atomic E-state index is 0.00386. The summed E-state index contributed by atoms with van der Waals surface area (Å²) in [4.78, 5) is 28.8. The van der Waals surface area contributed by atoms with Gasteiger partial charge in [0.2, 0.25) is 0 Å². The highest BCUT2D eigenvalue weighted by Crippen LogP contribution is 2.46. The molecule has 2 nitrogen and oxygen atoms in total. The van der Waals surface area contributed by atoms with E-state index in [4.69, 9.17) is 0 Å². The third kappa shape index (κ3) is 5.40. The molecular weight excluding hydrogens is 464 g/mol. The minimum atomic E-state index is -0.570. The standard InChI is InChI=1S/C36H30O2/c1-26-22-24-29(25-23-26)32(33(27-14-6-2-7-15-27)35(37)30-18-10-4-11-19-30)34(28-16-8-3-9-17-28)36(38)31-20-12-5-13-21-31/h2-25,32-34H,1H3. The Kier molecular flexibility index (Phi) is 7.70. The Bertz CT molecular complexity index is 1380. The fourth-order valence-electron chi connectivity index (χ4n) is 5.29. The van der Waals surface area contributed by atoms with Crippen LogP contribution in [0.25, 0.3) is 0 Å². The number of aryl methyl sites for hydroxylation is 1. The van der Waals surface area contributed by atoms with Crippen molar-refractivity contribution in [1.29, 1.82) is 0 Å². The van der Waals surface area contributed by atoms with Gasteiger partial charge in [0, 0.05) is 17.0 Å². The molecule has 0 bridgehead atoms. The molecule has 0 amide bonds. The Labute approximate surface area is 224 Å². The van der Waals surface area contributed by atoms with Crippen molar-refractivity contribution >= 4 is 11.6 Å². The molecular formula is C36H30O2. The molecule has 0 aliphatic rings. The maximum Gasteiger partial charge on any atom is 0.170 e. The summed E-state index contributed by atoms with van der Waals surface area (Å²) >= 11 is 0. The Morgan fingerprint density at radius 1 is 0.421 bits per heavy atom. The predicted octanol–water partition coefficient (Wildman–Crippen LogP) is 8.41. The lowest BCUT2D eigenvalue weighted by Gasteiger charge is -2.34. The first-order valence-electron chi connectivity index (χ1n) is 13.0. The van der Waals surface area contributed by atoms with Crippen LogP contribution in [0.4, 0.5) is 0 Å². The summed E-state index contributed by atoms with van der Waals surface area (Å²) in [5, 5.41) is 0. The number of carbonyl (C=O) groups is 2. The van der Waals surface area contributed by atoms with E-state index in [2.05, 4.69) is 24.3 Å². The molecule has 0 N–H and O–H groups in total. The predicted molar refractivity (Wildman–Crippen MR) is 154 cm³/mol. The fraction of sp³-hybridized carbons (Fsp3) is 0.111. The van der Waals surface area contributed by atoms with E-state index in [1.54, 1.807) is 0 Å². The van der Waals surface area contributed by atoms with Crippen LogP contribution in [-0.4, -0.2) is 11.6 Å². The maximum atomic E-state index is 14.4. The molecule has 0 aliphatic heterocycles. The average Bonchev–Trinajstić information content (AvgIpc) is 2.99. The zero-order valence-corrected chi connectivity index (χ0v) is 21.4. The van der Waals surface area contributed by atoms with Crippen molar-refractivity contribution in [1.82, 2.24) is 0 Å². The first kappa shape index (κ1) is 25.1. The van der Waals surface area contributed by atoms with E-state index in [9.17, 15) is 9.59 Å². The molecule has 0 fully saturated rings. The van der Waals surface area contributed by atoms with Crippen molar-refractivity contribution < 1.29 is 9.59 Å². The van der Waals surface area contributed by atoms with Gasteiger partial charge < -0.3 is 0 Å². The highest BCUT2D eigenvalue weighted by atomic mass is 16.1. The minimum Gasteiger partial charge on any atom is -0.293 e. The molecule has 5 aromatic carbocycles. The average molecular weight is 495 g/mol. The van der Waals surface area contributed by atoms with Crippen LogP contribution in [0.1, 0.15) is 60.7 Å². The molecule has 0 aromatic heterocycles. The summed E-state index contributed by atoms with van der Waals surface area (Å²) in [7, 11) is 0. The third-order valence-corrected chi connectivity index (χ3v) is 7.18. The molecule has 0 aliphatic carbocycles. The first-order valence-corrected chi connectivity index (χ1v) is 13.0. The zero-order chi connectivity index (χ0) is 26.3. The number of rotatable bonds is 9. The first-order chi connectivity index (χ1) is 18.6. The Balaban J connectivity index is 1.78. The van der Waals surface area contributed by atoms with Crippen LogP contribution in [0.15, 0.2) is 146 Å². The van der Waals surface area contributed by atoms with Gasteiger partial charge in [0.15, 0.2) is 11.6 Å². The lowest BCUT2D eigenvalue weighted by molar-refractivity contribution is 0.0899. The molecule has 0 saturated carbocycles. The Hall–Kier alpha value is -4.56. The smallest absolute Gasteiger partial charge is 0.170 e. The monoisotopic (exact) mass is 494 g/mol. The summed E-state index contributed by atoms with van der Waals surface area (Å²) in [6, 6.07) is 46.9. The number of ketones is 2. The van der Waals surface area contributed by atoms with Gasteiger partial charge in [-0.1, -0.05) is 151 Å². The van der Waals surface area contributed by atoms with Gasteiger partial charge in [0.05, 0.1) is 11.8 Å². The van der Waals surface area contributed by atoms with Crippen molar-refractivity contribution in [2.24, 2.45) is 0 Å².